The second-order valence-corrected chi connectivity index (χ2v) is 7.45. The van der Waals surface area contributed by atoms with Crippen molar-refractivity contribution < 1.29 is 0 Å². The summed E-state index contributed by atoms with van der Waals surface area (Å²) in [5, 5.41) is 2.08. The van der Waals surface area contributed by atoms with Crippen molar-refractivity contribution in [2.45, 2.75) is 36.5 Å². The van der Waals surface area contributed by atoms with Crippen LogP contribution >= 0.6 is 23.1 Å². The number of nitrogens with zero attached hydrogens (tertiary/aromatic N) is 3. The number of fused-ring (bicyclic) bond motifs is 3. The first kappa shape index (κ1) is 14.0. The maximum absolute atomic E-state index is 6.23. The molecule has 1 aliphatic rings. The first-order valence-corrected chi connectivity index (χ1v) is 9.22. The Morgan fingerprint density at radius 2 is 2.09 bits per heavy atom. The van der Waals surface area contributed by atoms with Gasteiger partial charge in [-0.05, 0) is 43.4 Å². The Morgan fingerprint density at radius 3 is 2.95 bits per heavy atom. The second-order valence-electron chi connectivity index (χ2n) is 5.37. The Balaban J connectivity index is 1.65. The molecule has 1 aliphatic carbocycles. The first-order chi connectivity index (χ1) is 10.8. The highest BCUT2D eigenvalue weighted by molar-refractivity contribution is 7.98. The van der Waals surface area contributed by atoms with Crippen LogP contribution in [0.15, 0.2) is 29.4 Å². The van der Waals surface area contributed by atoms with Gasteiger partial charge in [-0.3, -0.25) is 0 Å². The zero-order valence-corrected chi connectivity index (χ0v) is 13.7. The van der Waals surface area contributed by atoms with Gasteiger partial charge in [-0.15, -0.1) is 11.3 Å². The number of thioether (sulfide) groups is 1. The van der Waals surface area contributed by atoms with E-state index in [1.807, 2.05) is 18.2 Å². The van der Waals surface area contributed by atoms with Crippen molar-refractivity contribution in [2.24, 2.45) is 0 Å². The third kappa shape index (κ3) is 2.57. The highest BCUT2D eigenvalue weighted by Crippen LogP contribution is 2.38. The Bertz CT molecular complexity index is 814. The monoisotopic (exact) mass is 328 g/mol. The van der Waals surface area contributed by atoms with Gasteiger partial charge < -0.3 is 5.73 Å². The molecular weight excluding hydrogens is 312 g/mol. The molecule has 112 valence electrons. The van der Waals surface area contributed by atoms with Crippen LogP contribution in [0.1, 0.15) is 29.1 Å². The largest absolute Gasteiger partial charge is 0.383 e. The smallest absolute Gasteiger partial charge is 0.142 e. The molecule has 0 amide bonds. The summed E-state index contributed by atoms with van der Waals surface area (Å²) >= 11 is 3.43. The van der Waals surface area contributed by atoms with Gasteiger partial charge in [0, 0.05) is 11.1 Å². The summed E-state index contributed by atoms with van der Waals surface area (Å²) in [7, 11) is 0. The minimum absolute atomic E-state index is 0.640. The Morgan fingerprint density at radius 1 is 1.18 bits per heavy atom. The van der Waals surface area contributed by atoms with Gasteiger partial charge >= 0.3 is 0 Å². The molecule has 3 aromatic heterocycles. The van der Waals surface area contributed by atoms with Crippen LogP contribution < -0.4 is 5.73 Å². The number of rotatable bonds is 3. The van der Waals surface area contributed by atoms with Gasteiger partial charge in [0.25, 0.3) is 0 Å². The molecule has 0 saturated carbocycles. The van der Waals surface area contributed by atoms with E-state index in [1.165, 1.54) is 23.3 Å². The summed E-state index contributed by atoms with van der Waals surface area (Å²) in [6, 6.07) is 5.90. The normalized spacial score (nSPS) is 14.2. The van der Waals surface area contributed by atoms with Crippen LogP contribution in [0.3, 0.4) is 0 Å². The van der Waals surface area contributed by atoms with Crippen molar-refractivity contribution in [3.63, 3.8) is 0 Å². The van der Waals surface area contributed by atoms with E-state index < -0.39 is 0 Å². The number of hydrogen-bond acceptors (Lipinski definition) is 6. The van der Waals surface area contributed by atoms with E-state index in [0.717, 1.165) is 33.9 Å². The van der Waals surface area contributed by atoms with Gasteiger partial charge in [0.2, 0.25) is 0 Å². The van der Waals surface area contributed by atoms with Gasteiger partial charge in [0.05, 0.1) is 16.2 Å². The van der Waals surface area contributed by atoms with Crippen molar-refractivity contribution >= 4 is 39.1 Å². The van der Waals surface area contributed by atoms with E-state index in [0.29, 0.717) is 11.6 Å². The Hall–Kier alpha value is -1.66. The van der Waals surface area contributed by atoms with Gasteiger partial charge in [0.1, 0.15) is 16.5 Å². The standard InChI is InChI=1S/C16H16N4S2/c17-15-14-10-5-1-2-6-11(10)22-16(14)20-12(19-15)9-21-13-7-3-4-8-18-13/h3-4,7-8H,1-2,5-6,9H2,(H2,17,19,20). The lowest BCUT2D eigenvalue weighted by molar-refractivity contribution is 0.700. The zero-order valence-electron chi connectivity index (χ0n) is 12.1. The van der Waals surface area contributed by atoms with Crippen molar-refractivity contribution in [3.8, 4) is 0 Å². The molecule has 0 fully saturated rings. The van der Waals surface area contributed by atoms with Crippen LogP contribution in [-0.2, 0) is 18.6 Å². The predicted octanol–water partition coefficient (Wildman–Crippen LogP) is 3.84. The van der Waals surface area contributed by atoms with Crippen LogP contribution in [0.5, 0.6) is 0 Å². The zero-order chi connectivity index (χ0) is 14.9. The molecule has 3 heterocycles. The van der Waals surface area contributed by atoms with Crippen LogP contribution in [0.4, 0.5) is 5.82 Å². The van der Waals surface area contributed by atoms with Gasteiger partial charge in [-0.2, -0.15) is 0 Å². The lowest BCUT2D eigenvalue weighted by atomic mass is 9.97. The fourth-order valence-electron chi connectivity index (χ4n) is 2.87. The molecule has 4 rings (SSSR count). The molecule has 0 radical (unpaired) electrons. The van der Waals surface area contributed by atoms with Crippen molar-refractivity contribution in [1.82, 2.24) is 15.0 Å². The number of pyridine rings is 1. The number of nitrogen functional groups attached to an aromatic ring is 1. The third-order valence-corrected chi connectivity index (χ3v) is 6.00. The van der Waals surface area contributed by atoms with Crippen LogP contribution in [0.25, 0.3) is 10.2 Å². The molecule has 0 spiro atoms. The topological polar surface area (TPSA) is 64.7 Å². The number of aromatic nitrogens is 3. The SMILES string of the molecule is Nc1nc(CSc2ccccn2)nc2sc3c(c12)CCCC3. The average Bonchev–Trinajstić information content (AvgIpc) is 2.92. The molecule has 2 N–H and O–H groups in total. The lowest BCUT2D eigenvalue weighted by Gasteiger charge is -2.10. The van der Waals surface area contributed by atoms with Crippen LogP contribution in [0, 0.1) is 0 Å². The average molecular weight is 328 g/mol. The maximum atomic E-state index is 6.23. The number of thiophene rings is 1. The van der Waals surface area contributed by atoms with E-state index in [9.17, 15) is 0 Å². The van der Waals surface area contributed by atoms with Crippen molar-refractivity contribution in [3.05, 3.63) is 40.7 Å². The second kappa shape index (κ2) is 5.85. The highest BCUT2D eigenvalue weighted by Gasteiger charge is 2.20. The summed E-state index contributed by atoms with van der Waals surface area (Å²) in [6.45, 7) is 0. The quantitative estimate of drug-likeness (QED) is 0.740. The molecular formula is C16H16N4S2. The summed E-state index contributed by atoms with van der Waals surface area (Å²) in [6.07, 6.45) is 6.60. The minimum atomic E-state index is 0.640. The molecule has 0 saturated heterocycles. The maximum Gasteiger partial charge on any atom is 0.142 e. The van der Waals surface area contributed by atoms with Crippen molar-refractivity contribution in [1.29, 1.82) is 0 Å². The third-order valence-electron chi connectivity index (χ3n) is 3.88. The predicted molar refractivity (Wildman–Crippen MR) is 92.3 cm³/mol. The molecule has 6 heteroatoms. The molecule has 3 aromatic rings. The van der Waals surface area contributed by atoms with E-state index >= 15 is 0 Å². The lowest BCUT2D eigenvalue weighted by Crippen LogP contribution is -2.02. The van der Waals surface area contributed by atoms with Crippen LogP contribution in [-0.4, -0.2) is 15.0 Å². The Labute approximate surface area is 137 Å². The number of anilines is 1. The minimum Gasteiger partial charge on any atom is -0.383 e. The highest BCUT2D eigenvalue weighted by atomic mass is 32.2. The van der Waals surface area contributed by atoms with E-state index in [1.54, 1.807) is 29.3 Å². The summed E-state index contributed by atoms with van der Waals surface area (Å²) in [5.74, 6) is 2.12. The first-order valence-electron chi connectivity index (χ1n) is 7.42. The molecule has 0 atom stereocenters. The summed E-state index contributed by atoms with van der Waals surface area (Å²) in [5.41, 5.74) is 7.62. The fourth-order valence-corrected chi connectivity index (χ4v) is 4.87. The molecule has 0 aromatic carbocycles. The summed E-state index contributed by atoms with van der Waals surface area (Å²) in [4.78, 5) is 16.1. The van der Waals surface area contributed by atoms with Crippen molar-refractivity contribution in [2.75, 3.05) is 5.73 Å². The van der Waals surface area contributed by atoms with Gasteiger partial charge in [-0.1, -0.05) is 17.8 Å². The molecule has 4 nitrogen and oxygen atoms in total. The molecule has 0 unspecified atom stereocenters. The van der Waals surface area contributed by atoms with E-state index in [2.05, 4.69) is 9.97 Å². The molecule has 0 aliphatic heterocycles. The van der Waals surface area contributed by atoms with Gasteiger partial charge in [0.15, 0.2) is 0 Å². The number of aryl methyl sites for hydroxylation is 2. The number of hydrogen-bond donors (Lipinski definition) is 1. The Kier molecular flexibility index (Phi) is 3.72. The van der Waals surface area contributed by atoms with Crippen LogP contribution in [0.2, 0.25) is 0 Å². The fraction of sp³-hybridized carbons (Fsp3) is 0.312. The van der Waals surface area contributed by atoms with E-state index in [4.69, 9.17) is 10.7 Å². The summed E-state index contributed by atoms with van der Waals surface area (Å²) < 4.78 is 0. The van der Waals surface area contributed by atoms with Gasteiger partial charge in [-0.25, -0.2) is 15.0 Å². The number of nitrogens with two attached hydrogens (primary N) is 1. The molecule has 22 heavy (non-hydrogen) atoms. The molecule has 0 bridgehead atoms. The van der Waals surface area contributed by atoms with E-state index in [-0.39, 0.29) is 0 Å².